The first-order valence-corrected chi connectivity index (χ1v) is 10.2. The molecule has 0 aliphatic carbocycles. The molecule has 4 nitrogen and oxygen atoms in total. The number of likely N-dealkylation sites (tertiary alicyclic amines) is 1. The van der Waals surface area contributed by atoms with E-state index >= 15 is 0 Å². The van der Waals surface area contributed by atoms with Gasteiger partial charge in [-0.25, -0.2) is 0 Å². The maximum atomic E-state index is 4.80. The largest absolute Gasteiger partial charge is 0.303 e. The second-order valence-corrected chi connectivity index (χ2v) is 8.40. The quantitative estimate of drug-likeness (QED) is 0.628. The maximum Gasteiger partial charge on any atom is 0.0568 e. The molecule has 142 valence electrons. The summed E-state index contributed by atoms with van der Waals surface area (Å²) in [4.78, 5) is 7.41. The van der Waals surface area contributed by atoms with Crippen molar-refractivity contribution in [1.82, 2.24) is 19.7 Å². The molecule has 3 heterocycles. The third kappa shape index (κ3) is 4.22. The number of benzene rings is 1. The Morgan fingerprint density at radius 3 is 2.78 bits per heavy atom. The first-order valence-electron chi connectivity index (χ1n) is 10.2. The molecular weight excluding hydrogens is 332 g/mol. The van der Waals surface area contributed by atoms with Crippen LogP contribution in [0.1, 0.15) is 44.7 Å². The van der Waals surface area contributed by atoms with Gasteiger partial charge in [0.05, 0.1) is 6.20 Å². The van der Waals surface area contributed by atoms with Crippen molar-refractivity contribution in [2.75, 3.05) is 19.6 Å². The average Bonchev–Trinajstić information content (AvgIpc) is 3.30. The van der Waals surface area contributed by atoms with Crippen LogP contribution in [0.3, 0.4) is 0 Å². The molecule has 0 amide bonds. The maximum absolute atomic E-state index is 4.80. The van der Waals surface area contributed by atoms with Gasteiger partial charge < -0.3 is 4.90 Å². The zero-order valence-corrected chi connectivity index (χ0v) is 16.7. The van der Waals surface area contributed by atoms with Gasteiger partial charge in [0.1, 0.15) is 0 Å². The van der Waals surface area contributed by atoms with Gasteiger partial charge in [0.25, 0.3) is 0 Å². The number of aryl methyl sites for hydroxylation is 1. The molecule has 1 fully saturated rings. The summed E-state index contributed by atoms with van der Waals surface area (Å²) in [6, 6.07) is 8.90. The summed E-state index contributed by atoms with van der Waals surface area (Å²) in [6.07, 6.45) is 9.89. The van der Waals surface area contributed by atoms with Crippen molar-refractivity contribution < 1.29 is 0 Å². The minimum absolute atomic E-state index is 0.565. The van der Waals surface area contributed by atoms with Gasteiger partial charge in [0, 0.05) is 48.5 Å². The number of pyridine rings is 1. The Kier molecular flexibility index (Phi) is 5.26. The van der Waals surface area contributed by atoms with Crippen molar-refractivity contribution in [3.05, 3.63) is 48.5 Å². The Morgan fingerprint density at radius 1 is 1.11 bits per heavy atom. The summed E-state index contributed by atoms with van der Waals surface area (Å²) in [5, 5.41) is 6.78. The first kappa shape index (κ1) is 18.2. The van der Waals surface area contributed by atoms with Gasteiger partial charge in [0.15, 0.2) is 0 Å². The van der Waals surface area contributed by atoms with Crippen molar-refractivity contribution in [1.29, 1.82) is 0 Å². The molecule has 1 atom stereocenters. The standard InChI is InChI=1S/C23H30N4/c1-17(2)5-4-9-27-10-8-20(16-27)23-12-21-11-18(6-7-19(21)13-24-23)22-14-25-26(3)15-22/h6-7,11-15,17,20H,4-5,8-10,16H2,1-3H3. The lowest BCUT2D eigenvalue weighted by Gasteiger charge is -2.16. The number of rotatable bonds is 6. The highest BCUT2D eigenvalue weighted by atomic mass is 15.2. The van der Waals surface area contributed by atoms with Crippen LogP contribution in [-0.2, 0) is 7.05 Å². The fourth-order valence-corrected chi connectivity index (χ4v) is 4.13. The first-order chi connectivity index (χ1) is 13.1. The Morgan fingerprint density at radius 2 is 2.00 bits per heavy atom. The van der Waals surface area contributed by atoms with Gasteiger partial charge in [-0.1, -0.05) is 26.0 Å². The Labute approximate surface area is 162 Å². The smallest absolute Gasteiger partial charge is 0.0568 e. The fourth-order valence-electron chi connectivity index (χ4n) is 4.13. The van der Waals surface area contributed by atoms with Crippen LogP contribution in [0.4, 0.5) is 0 Å². The molecule has 1 aromatic carbocycles. The molecule has 4 rings (SSSR count). The summed E-state index contributed by atoms with van der Waals surface area (Å²) in [5.74, 6) is 1.37. The number of hydrogen-bond donors (Lipinski definition) is 0. The third-order valence-electron chi connectivity index (χ3n) is 5.73. The minimum atomic E-state index is 0.565. The molecule has 3 aromatic rings. The molecule has 0 bridgehead atoms. The van der Waals surface area contributed by atoms with Crippen LogP contribution >= 0.6 is 0 Å². The average molecular weight is 363 g/mol. The molecule has 0 saturated carbocycles. The van der Waals surface area contributed by atoms with Crippen LogP contribution in [0.15, 0.2) is 42.9 Å². The van der Waals surface area contributed by atoms with E-state index in [1.54, 1.807) is 0 Å². The Hall–Kier alpha value is -2.20. The van der Waals surface area contributed by atoms with E-state index in [9.17, 15) is 0 Å². The minimum Gasteiger partial charge on any atom is -0.303 e. The predicted octanol–water partition coefficient (Wildman–Crippen LogP) is 4.86. The lowest BCUT2D eigenvalue weighted by molar-refractivity contribution is 0.317. The molecule has 27 heavy (non-hydrogen) atoms. The van der Waals surface area contributed by atoms with Gasteiger partial charge in [-0.15, -0.1) is 0 Å². The fraction of sp³-hybridized carbons (Fsp3) is 0.478. The summed E-state index contributed by atoms with van der Waals surface area (Å²) >= 11 is 0. The molecule has 1 unspecified atom stereocenters. The van der Waals surface area contributed by atoms with Crippen molar-refractivity contribution in [2.24, 2.45) is 13.0 Å². The molecule has 1 aliphatic heterocycles. The zero-order chi connectivity index (χ0) is 18.8. The molecule has 1 aliphatic rings. The summed E-state index contributed by atoms with van der Waals surface area (Å²) < 4.78 is 1.85. The van der Waals surface area contributed by atoms with E-state index in [2.05, 4.69) is 54.3 Å². The molecule has 0 spiro atoms. The van der Waals surface area contributed by atoms with Crippen molar-refractivity contribution in [2.45, 2.75) is 39.0 Å². The van der Waals surface area contributed by atoms with E-state index in [0.717, 1.165) is 18.0 Å². The number of nitrogens with zero attached hydrogens (tertiary/aromatic N) is 4. The number of aromatic nitrogens is 3. The number of fused-ring (bicyclic) bond motifs is 1. The highest BCUT2D eigenvalue weighted by Crippen LogP contribution is 2.30. The predicted molar refractivity (Wildman–Crippen MR) is 112 cm³/mol. The lowest BCUT2D eigenvalue weighted by Crippen LogP contribution is -2.22. The van der Waals surface area contributed by atoms with E-state index in [1.807, 2.05) is 24.1 Å². The zero-order valence-electron chi connectivity index (χ0n) is 16.7. The van der Waals surface area contributed by atoms with Gasteiger partial charge in [-0.2, -0.15) is 5.10 Å². The highest BCUT2D eigenvalue weighted by Gasteiger charge is 2.24. The molecule has 1 saturated heterocycles. The van der Waals surface area contributed by atoms with Gasteiger partial charge in [-0.05, 0) is 61.4 Å². The van der Waals surface area contributed by atoms with Crippen molar-refractivity contribution in [3.8, 4) is 11.1 Å². The van der Waals surface area contributed by atoms with Crippen LogP contribution in [0.25, 0.3) is 21.9 Å². The van der Waals surface area contributed by atoms with Gasteiger partial charge in [0.2, 0.25) is 0 Å². The monoisotopic (exact) mass is 362 g/mol. The van der Waals surface area contributed by atoms with E-state index in [-0.39, 0.29) is 0 Å². The van der Waals surface area contributed by atoms with E-state index in [4.69, 9.17) is 4.98 Å². The van der Waals surface area contributed by atoms with Crippen LogP contribution in [0, 0.1) is 5.92 Å². The molecular formula is C23H30N4. The third-order valence-corrected chi connectivity index (χ3v) is 5.73. The van der Waals surface area contributed by atoms with Gasteiger partial charge in [-0.3, -0.25) is 9.67 Å². The number of hydrogen-bond acceptors (Lipinski definition) is 3. The van der Waals surface area contributed by atoms with E-state index in [0.29, 0.717) is 5.92 Å². The Balaban J connectivity index is 1.49. The second-order valence-electron chi connectivity index (χ2n) is 8.40. The highest BCUT2D eigenvalue weighted by molar-refractivity contribution is 5.86. The normalized spacial score (nSPS) is 18.0. The van der Waals surface area contributed by atoms with Crippen molar-refractivity contribution in [3.63, 3.8) is 0 Å². The lowest BCUT2D eigenvalue weighted by atomic mass is 9.99. The topological polar surface area (TPSA) is 34.0 Å². The molecule has 0 N–H and O–H groups in total. The van der Waals surface area contributed by atoms with E-state index < -0.39 is 0 Å². The second kappa shape index (κ2) is 7.81. The summed E-state index contributed by atoms with van der Waals surface area (Å²) in [6.45, 7) is 8.21. The molecule has 2 aromatic heterocycles. The van der Waals surface area contributed by atoms with E-state index in [1.165, 1.54) is 54.4 Å². The summed E-state index contributed by atoms with van der Waals surface area (Å²) in [7, 11) is 1.96. The van der Waals surface area contributed by atoms with Crippen LogP contribution in [0.5, 0.6) is 0 Å². The van der Waals surface area contributed by atoms with Crippen LogP contribution in [-0.4, -0.2) is 39.3 Å². The molecule has 4 heteroatoms. The SMILES string of the molecule is CC(C)CCCN1CCC(c2cc3cc(-c4cnn(C)c4)ccc3cn2)C1. The molecule has 0 radical (unpaired) electrons. The van der Waals surface area contributed by atoms with Crippen molar-refractivity contribution >= 4 is 10.8 Å². The van der Waals surface area contributed by atoms with Gasteiger partial charge >= 0.3 is 0 Å². The Bertz CT molecular complexity index is 912. The van der Waals surface area contributed by atoms with Crippen LogP contribution in [0.2, 0.25) is 0 Å². The van der Waals surface area contributed by atoms with Crippen LogP contribution < -0.4 is 0 Å². The summed E-state index contributed by atoms with van der Waals surface area (Å²) in [5.41, 5.74) is 3.63.